The van der Waals surface area contributed by atoms with Crippen molar-refractivity contribution in [1.29, 1.82) is 5.26 Å². The van der Waals surface area contributed by atoms with Crippen LogP contribution in [0.25, 0.3) is 11.0 Å². The number of nitriles is 1. The van der Waals surface area contributed by atoms with E-state index in [0.29, 0.717) is 5.58 Å². The summed E-state index contributed by atoms with van der Waals surface area (Å²) in [7, 11) is 3.51. The number of allylic oxidation sites excluding steroid dienone is 1. The molecule has 0 unspecified atom stereocenters. The molecule has 0 saturated carbocycles. The zero-order valence-corrected chi connectivity index (χ0v) is 10.2. The number of ketones is 1. The lowest BCUT2D eigenvalue weighted by molar-refractivity contribution is 0.101. The van der Waals surface area contributed by atoms with Crippen LogP contribution in [0.15, 0.2) is 46.5 Å². The van der Waals surface area contributed by atoms with Crippen LogP contribution in [0.1, 0.15) is 10.6 Å². The van der Waals surface area contributed by atoms with Crippen LogP contribution in [0.2, 0.25) is 0 Å². The van der Waals surface area contributed by atoms with Gasteiger partial charge in [0.15, 0.2) is 5.76 Å². The summed E-state index contributed by atoms with van der Waals surface area (Å²) in [6.07, 6.45) is 1.48. The Morgan fingerprint density at radius 1 is 1.39 bits per heavy atom. The van der Waals surface area contributed by atoms with Gasteiger partial charge in [-0.2, -0.15) is 5.26 Å². The van der Waals surface area contributed by atoms with E-state index in [1.807, 2.05) is 24.3 Å². The van der Waals surface area contributed by atoms with E-state index in [1.54, 1.807) is 31.1 Å². The number of Topliss-reactive ketones (excluding diaryl/α,β-unsaturated/α-hetero) is 1. The fourth-order valence-corrected chi connectivity index (χ4v) is 1.62. The Morgan fingerprint density at radius 3 is 2.72 bits per heavy atom. The van der Waals surface area contributed by atoms with E-state index in [2.05, 4.69) is 0 Å². The summed E-state index contributed by atoms with van der Waals surface area (Å²) in [5.41, 5.74) is 0.696. The number of hydrogen-bond donors (Lipinski definition) is 0. The van der Waals surface area contributed by atoms with E-state index in [1.165, 1.54) is 6.20 Å². The zero-order valence-electron chi connectivity index (χ0n) is 10.2. The van der Waals surface area contributed by atoms with E-state index >= 15 is 0 Å². The molecule has 4 nitrogen and oxygen atoms in total. The van der Waals surface area contributed by atoms with Gasteiger partial charge in [0.25, 0.3) is 0 Å². The van der Waals surface area contributed by atoms with Crippen molar-refractivity contribution >= 4 is 16.8 Å². The zero-order chi connectivity index (χ0) is 13.1. The summed E-state index contributed by atoms with van der Waals surface area (Å²) in [6, 6.07) is 10.9. The second-order valence-electron chi connectivity index (χ2n) is 4.10. The third-order valence-corrected chi connectivity index (χ3v) is 2.40. The Bertz CT molecular complexity index is 627. The molecule has 0 spiro atoms. The molecule has 0 saturated heterocycles. The van der Waals surface area contributed by atoms with Crippen LogP contribution in [-0.2, 0) is 0 Å². The van der Waals surface area contributed by atoms with Gasteiger partial charge in [-0.15, -0.1) is 0 Å². The molecule has 2 aromatic rings. The number of benzene rings is 1. The molecule has 1 aromatic carbocycles. The topological polar surface area (TPSA) is 57.2 Å². The Kier molecular flexibility index (Phi) is 3.16. The van der Waals surface area contributed by atoms with Crippen LogP contribution >= 0.6 is 0 Å². The summed E-state index contributed by atoms with van der Waals surface area (Å²) in [4.78, 5) is 13.7. The first-order chi connectivity index (χ1) is 8.61. The SMILES string of the molecule is CN(C)C=C(C#N)C(=O)c1cc2ccccc2o1. The molecule has 90 valence electrons. The largest absolute Gasteiger partial charge is 0.453 e. The van der Waals surface area contributed by atoms with Gasteiger partial charge in [-0.25, -0.2) is 0 Å². The number of para-hydroxylation sites is 1. The maximum absolute atomic E-state index is 12.1. The molecule has 0 radical (unpaired) electrons. The number of carbonyl (C=O) groups is 1. The van der Waals surface area contributed by atoms with E-state index in [-0.39, 0.29) is 11.3 Å². The van der Waals surface area contributed by atoms with Crippen LogP contribution < -0.4 is 0 Å². The Hall–Kier alpha value is -2.54. The molecule has 0 fully saturated rings. The van der Waals surface area contributed by atoms with Gasteiger partial charge >= 0.3 is 0 Å². The van der Waals surface area contributed by atoms with Gasteiger partial charge < -0.3 is 9.32 Å². The van der Waals surface area contributed by atoms with Gasteiger partial charge in [-0.3, -0.25) is 4.79 Å². The highest BCUT2D eigenvalue weighted by Gasteiger charge is 2.17. The highest BCUT2D eigenvalue weighted by atomic mass is 16.3. The minimum Gasteiger partial charge on any atom is -0.453 e. The normalized spacial score (nSPS) is 11.3. The average Bonchev–Trinajstić information content (AvgIpc) is 2.78. The molecular weight excluding hydrogens is 228 g/mol. The van der Waals surface area contributed by atoms with Gasteiger partial charge in [0.1, 0.15) is 17.2 Å². The number of fused-ring (bicyclic) bond motifs is 1. The summed E-state index contributed by atoms with van der Waals surface area (Å²) >= 11 is 0. The number of carbonyl (C=O) groups excluding carboxylic acids is 1. The lowest BCUT2D eigenvalue weighted by atomic mass is 10.1. The molecule has 1 aromatic heterocycles. The second kappa shape index (κ2) is 4.76. The second-order valence-corrected chi connectivity index (χ2v) is 4.10. The van der Waals surface area contributed by atoms with Gasteiger partial charge in [0.05, 0.1) is 0 Å². The van der Waals surface area contributed by atoms with Gasteiger partial charge in [0, 0.05) is 25.7 Å². The molecule has 0 aliphatic rings. The summed E-state index contributed by atoms with van der Waals surface area (Å²) < 4.78 is 5.43. The first kappa shape index (κ1) is 11.9. The smallest absolute Gasteiger partial charge is 0.240 e. The molecule has 1 heterocycles. The van der Waals surface area contributed by atoms with Crippen molar-refractivity contribution in [3.8, 4) is 6.07 Å². The van der Waals surface area contributed by atoms with E-state index in [9.17, 15) is 4.79 Å². The Labute approximate surface area is 105 Å². The molecule has 0 aliphatic carbocycles. The molecule has 0 aliphatic heterocycles. The predicted molar refractivity (Wildman–Crippen MR) is 67.9 cm³/mol. The maximum atomic E-state index is 12.1. The quantitative estimate of drug-likeness (QED) is 0.470. The van der Waals surface area contributed by atoms with E-state index in [0.717, 1.165) is 5.39 Å². The van der Waals surface area contributed by atoms with E-state index in [4.69, 9.17) is 9.68 Å². The van der Waals surface area contributed by atoms with Crippen LogP contribution in [0, 0.1) is 11.3 Å². The highest BCUT2D eigenvalue weighted by Crippen LogP contribution is 2.20. The first-order valence-electron chi connectivity index (χ1n) is 5.43. The highest BCUT2D eigenvalue weighted by molar-refractivity contribution is 6.11. The number of hydrogen-bond acceptors (Lipinski definition) is 4. The summed E-state index contributed by atoms with van der Waals surface area (Å²) in [5.74, 6) is -0.215. The molecule has 4 heteroatoms. The van der Waals surface area contributed by atoms with Crippen molar-refractivity contribution in [3.63, 3.8) is 0 Å². The van der Waals surface area contributed by atoms with Crippen molar-refractivity contribution in [2.45, 2.75) is 0 Å². The number of nitrogens with zero attached hydrogens (tertiary/aromatic N) is 2. The molecule has 18 heavy (non-hydrogen) atoms. The van der Waals surface area contributed by atoms with Gasteiger partial charge in [-0.05, 0) is 12.1 Å². The minimum absolute atomic E-state index is 0.0547. The molecular formula is C14H12N2O2. The number of furan rings is 1. The Morgan fingerprint density at radius 2 is 2.11 bits per heavy atom. The maximum Gasteiger partial charge on any atom is 0.240 e. The minimum atomic E-state index is -0.401. The lowest BCUT2D eigenvalue weighted by Gasteiger charge is -2.04. The Balaban J connectivity index is 2.42. The van der Waals surface area contributed by atoms with Crippen molar-refractivity contribution in [1.82, 2.24) is 4.90 Å². The molecule has 2 rings (SSSR count). The molecule has 0 atom stereocenters. The monoisotopic (exact) mass is 240 g/mol. The van der Waals surface area contributed by atoms with Crippen molar-refractivity contribution < 1.29 is 9.21 Å². The summed E-state index contributed by atoms with van der Waals surface area (Å²) in [6.45, 7) is 0. The first-order valence-corrected chi connectivity index (χ1v) is 5.43. The average molecular weight is 240 g/mol. The van der Waals surface area contributed by atoms with Crippen molar-refractivity contribution in [2.75, 3.05) is 14.1 Å². The van der Waals surface area contributed by atoms with Crippen molar-refractivity contribution in [2.24, 2.45) is 0 Å². The molecule has 0 amide bonds. The third kappa shape index (κ3) is 2.25. The fraction of sp³-hybridized carbons (Fsp3) is 0.143. The van der Waals surface area contributed by atoms with Crippen molar-refractivity contribution in [3.05, 3.63) is 47.9 Å². The van der Waals surface area contributed by atoms with Crippen LogP contribution in [0.3, 0.4) is 0 Å². The third-order valence-electron chi connectivity index (χ3n) is 2.40. The predicted octanol–water partition coefficient (Wildman–Crippen LogP) is 2.58. The number of rotatable bonds is 3. The standard InChI is InChI=1S/C14H12N2O2/c1-16(2)9-11(8-15)14(17)13-7-10-5-3-4-6-12(10)18-13/h3-7,9H,1-2H3. The summed E-state index contributed by atoms with van der Waals surface area (Å²) in [5, 5.41) is 9.82. The van der Waals surface area contributed by atoms with Gasteiger partial charge in [-0.1, -0.05) is 18.2 Å². The van der Waals surface area contributed by atoms with Crippen LogP contribution in [-0.4, -0.2) is 24.8 Å². The molecule has 0 N–H and O–H groups in total. The fourth-order valence-electron chi connectivity index (χ4n) is 1.62. The van der Waals surface area contributed by atoms with E-state index < -0.39 is 5.78 Å². The van der Waals surface area contributed by atoms with Crippen LogP contribution in [0.5, 0.6) is 0 Å². The molecule has 0 bridgehead atoms. The van der Waals surface area contributed by atoms with Crippen LogP contribution in [0.4, 0.5) is 0 Å². The lowest BCUT2D eigenvalue weighted by Crippen LogP contribution is -2.08. The van der Waals surface area contributed by atoms with Gasteiger partial charge in [0.2, 0.25) is 5.78 Å².